The van der Waals surface area contributed by atoms with E-state index in [-0.39, 0.29) is 0 Å². The highest BCUT2D eigenvalue weighted by Gasteiger charge is 1.85. The van der Waals surface area contributed by atoms with E-state index in [0.29, 0.717) is 0 Å². The summed E-state index contributed by atoms with van der Waals surface area (Å²) >= 11 is 5.56. The number of rotatable bonds is 5. The minimum Gasteiger partial charge on any atom is -0.127 e. The van der Waals surface area contributed by atoms with Gasteiger partial charge in [-0.3, -0.25) is 0 Å². The normalized spacial score (nSPS) is 10.8. The molecule has 0 saturated heterocycles. The molecule has 0 amide bonds. The highest BCUT2D eigenvalue weighted by molar-refractivity contribution is 6.17. The minimum absolute atomic E-state index is 0.760. The molecule has 0 aliphatic rings. The van der Waals surface area contributed by atoms with Gasteiger partial charge in [-0.25, -0.2) is 0 Å². The molecule has 1 rings (SSSR count). The number of alkyl halides is 1. The Morgan fingerprint density at radius 1 is 1.08 bits per heavy atom. The fourth-order valence-electron chi connectivity index (χ4n) is 1.15. The average molecular weight is 195 g/mol. The quantitative estimate of drug-likeness (QED) is 0.380. The molecule has 0 heterocycles. The highest BCUT2D eigenvalue weighted by atomic mass is 35.5. The van der Waals surface area contributed by atoms with Gasteiger partial charge in [0.2, 0.25) is 0 Å². The molecule has 0 aromatic heterocycles. The Morgan fingerprint density at radius 3 is 2.54 bits per heavy atom. The summed E-state index contributed by atoms with van der Waals surface area (Å²) in [6, 6.07) is 10.5. The average Bonchev–Trinajstić information content (AvgIpc) is 2.19. The number of unbranched alkanes of at least 4 members (excludes halogenated alkanes) is 1. The summed E-state index contributed by atoms with van der Waals surface area (Å²) in [5, 5.41) is 0. The van der Waals surface area contributed by atoms with Crippen LogP contribution in [0.1, 0.15) is 18.4 Å². The smallest absolute Gasteiger partial charge is 0.0226 e. The van der Waals surface area contributed by atoms with Gasteiger partial charge in [-0.2, -0.15) is 0 Å². The van der Waals surface area contributed by atoms with Gasteiger partial charge in [0.25, 0.3) is 0 Å². The van der Waals surface area contributed by atoms with Crippen LogP contribution in [0.15, 0.2) is 42.5 Å². The van der Waals surface area contributed by atoms with Crippen LogP contribution in [0.4, 0.5) is 0 Å². The second-order valence-corrected chi connectivity index (χ2v) is 3.37. The monoisotopic (exact) mass is 194 g/mol. The van der Waals surface area contributed by atoms with Gasteiger partial charge in [-0.05, 0) is 24.8 Å². The Morgan fingerprint density at radius 2 is 1.85 bits per heavy atom. The van der Waals surface area contributed by atoms with Crippen LogP contribution in [0.25, 0.3) is 0 Å². The third kappa shape index (κ3) is 4.74. The zero-order valence-electron chi connectivity index (χ0n) is 7.75. The van der Waals surface area contributed by atoms with Gasteiger partial charge in [-0.1, -0.05) is 42.5 Å². The maximum absolute atomic E-state index is 5.56. The van der Waals surface area contributed by atoms with Crippen molar-refractivity contribution >= 4 is 11.6 Å². The summed E-state index contributed by atoms with van der Waals surface area (Å²) in [6.45, 7) is 0. The summed E-state index contributed by atoms with van der Waals surface area (Å²) in [7, 11) is 0. The molecule has 0 bridgehead atoms. The number of hydrogen-bond acceptors (Lipinski definition) is 0. The lowest BCUT2D eigenvalue weighted by Gasteiger charge is -1.93. The van der Waals surface area contributed by atoms with Crippen LogP contribution in [0, 0.1) is 0 Å². The fourth-order valence-corrected chi connectivity index (χ4v) is 1.30. The first-order valence-corrected chi connectivity index (χ1v) is 5.22. The van der Waals surface area contributed by atoms with Crippen molar-refractivity contribution in [3.63, 3.8) is 0 Å². The van der Waals surface area contributed by atoms with Crippen LogP contribution in [0.3, 0.4) is 0 Å². The van der Waals surface area contributed by atoms with Crippen LogP contribution in [0.5, 0.6) is 0 Å². The summed E-state index contributed by atoms with van der Waals surface area (Å²) < 4.78 is 0. The van der Waals surface area contributed by atoms with Gasteiger partial charge in [-0.15, -0.1) is 11.6 Å². The SMILES string of the molecule is ClCCCC=CCc1ccccc1. The topological polar surface area (TPSA) is 0 Å². The van der Waals surface area contributed by atoms with E-state index in [1.54, 1.807) is 0 Å². The third-order valence-electron chi connectivity index (χ3n) is 1.87. The first-order chi connectivity index (χ1) is 6.43. The Kier molecular flexibility index (Phi) is 5.35. The molecule has 70 valence electrons. The largest absolute Gasteiger partial charge is 0.127 e. The molecule has 0 N–H and O–H groups in total. The second-order valence-electron chi connectivity index (χ2n) is 2.99. The van der Waals surface area contributed by atoms with Crippen molar-refractivity contribution in [3.05, 3.63) is 48.0 Å². The number of hydrogen-bond donors (Lipinski definition) is 0. The minimum atomic E-state index is 0.760. The molecule has 0 unspecified atom stereocenters. The molecule has 0 spiro atoms. The molecule has 1 aromatic carbocycles. The zero-order chi connectivity index (χ0) is 9.36. The predicted molar refractivity (Wildman–Crippen MR) is 59.2 cm³/mol. The molecule has 1 aromatic rings. The van der Waals surface area contributed by atoms with Crippen LogP contribution in [0.2, 0.25) is 0 Å². The summed E-state index contributed by atoms with van der Waals surface area (Å²) in [4.78, 5) is 0. The molecule has 0 saturated carbocycles. The lowest BCUT2D eigenvalue weighted by atomic mass is 10.1. The number of halogens is 1. The van der Waals surface area contributed by atoms with Crippen LogP contribution >= 0.6 is 11.6 Å². The number of benzene rings is 1. The molecule has 0 aliphatic carbocycles. The van der Waals surface area contributed by atoms with E-state index in [4.69, 9.17) is 11.6 Å². The third-order valence-corrected chi connectivity index (χ3v) is 2.13. The molecule has 0 radical (unpaired) electrons. The standard InChI is InChI=1S/C12H15Cl/c13-11-7-2-1-4-8-12-9-5-3-6-10-12/h1,3-6,9-10H,2,7-8,11H2. The van der Waals surface area contributed by atoms with E-state index in [2.05, 4.69) is 36.4 Å². The van der Waals surface area contributed by atoms with Crippen molar-refractivity contribution in [2.45, 2.75) is 19.3 Å². The molecule has 0 aliphatic heterocycles. The van der Waals surface area contributed by atoms with Crippen molar-refractivity contribution in [2.75, 3.05) is 5.88 Å². The van der Waals surface area contributed by atoms with Crippen molar-refractivity contribution in [1.29, 1.82) is 0 Å². The van der Waals surface area contributed by atoms with E-state index in [1.807, 2.05) is 6.07 Å². The van der Waals surface area contributed by atoms with E-state index in [9.17, 15) is 0 Å². The molecule has 13 heavy (non-hydrogen) atoms. The highest BCUT2D eigenvalue weighted by Crippen LogP contribution is 2.01. The van der Waals surface area contributed by atoms with Crippen LogP contribution < -0.4 is 0 Å². The van der Waals surface area contributed by atoms with Gasteiger partial charge in [0.15, 0.2) is 0 Å². The zero-order valence-corrected chi connectivity index (χ0v) is 8.50. The Hall–Kier alpha value is -0.750. The van der Waals surface area contributed by atoms with E-state index < -0.39 is 0 Å². The van der Waals surface area contributed by atoms with E-state index in [1.165, 1.54) is 5.56 Å². The van der Waals surface area contributed by atoms with E-state index >= 15 is 0 Å². The molecular formula is C12H15Cl. The van der Waals surface area contributed by atoms with Crippen LogP contribution in [-0.2, 0) is 6.42 Å². The van der Waals surface area contributed by atoms with Gasteiger partial charge >= 0.3 is 0 Å². The maximum atomic E-state index is 5.56. The van der Waals surface area contributed by atoms with Crippen molar-refractivity contribution < 1.29 is 0 Å². The predicted octanol–water partition coefficient (Wildman–Crippen LogP) is 3.80. The van der Waals surface area contributed by atoms with Crippen molar-refractivity contribution in [2.24, 2.45) is 0 Å². The Bertz CT molecular complexity index is 239. The molecule has 0 atom stereocenters. The fraction of sp³-hybridized carbons (Fsp3) is 0.333. The second kappa shape index (κ2) is 6.73. The van der Waals surface area contributed by atoms with Gasteiger partial charge in [0, 0.05) is 5.88 Å². The van der Waals surface area contributed by atoms with Gasteiger partial charge in [0.1, 0.15) is 0 Å². The molecule has 0 nitrogen and oxygen atoms in total. The molecule has 0 fully saturated rings. The Labute approximate surface area is 85.2 Å². The van der Waals surface area contributed by atoms with E-state index in [0.717, 1.165) is 25.1 Å². The Balaban J connectivity index is 2.23. The summed E-state index contributed by atoms with van der Waals surface area (Å²) in [5.74, 6) is 0.760. The van der Waals surface area contributed by atoms with Gasteiger partial charge in [0.05, 0.1) is 0 Å². The lowest BCUT2D eigenvalue weighted by molar-refractivity contribution is 0.961. The summed E-state index contributed by atoms with van der Waals surface area (Å²) in [5.41, 5.74) is 1.37. The van der Waals surface area contributed by atoms with Crippen molar-refractivity contribution in [3.8, 4) is 0 Å². The van der Waals surface area contributed by atoms with Crippen LogP contribution in [-0.4, -0.2) is 5.88 Å². The number of allylic oxidation sites excluding steroid dienone is 2. The molecule has 1 heteroatoms. The maximum Gasteiger partial charge on any atom is 0.0226 e. The first-order valence-electron chi connectivity index (χ1n) is 4.68. The van der Waals surface area contributed by atoms with Gasteiger partial charge < -0.3 is 0 Å². The summed E-state index contributed by atoms with van der Waals surface area (Å²) in [6.07, 6.45) is 7.61. The first kappa shape index (κ1) is 10.3. The lowest BCUT2D eigenvalue weighted by Crippen LogP contribution is -1.78. The van der Waals surface area contributed by atoms with Crippen molar-refractivity contribution in [1.82, 2.24) is 0 Å². The molecular weight excluding hydrogens is 180 g/mol.